The zero-order valence-electron chi connectivity index (χ0n) is 13.4. The van der Waals surface area contributed by atoms with E-state index in [2.05, 4.69) is 15.5 Å². The number of carbonyl (C=O) groups excluding carboxylic acids is 1. The second-order valence-corrected chi connectivity index (χ2v) is 5.70. The normalized spacial score (nSPS) is 11.6. The molecule has 0 radical (unpaired) electrons. The van der Waals surface area contributed by atoms with E-state index in [1.807, 2.05) is 0 Å². The summed E-state index contributed by atoms with van der Waals surface area (Å²) in [5.41, 5.74) is 6.08. The largest absolute Gasteiger partial charge is 0.416 e. The summed E-state index contributed by atoms with van der Waals surface area (Å²) < 4.78 is 38.9. The van der Waals surface area contributed by atoms with Gasteiger partial charge >= 0.3 is 6.18 Å². The number of nitrogen functional groups attached to an aromatic ring is 1. The molecule has 0 aliphatic rings. The fraction of sp³-hybridized carbons (Fsp3) is 0.312. The molecule has 0 aliphatic carbocycles. The molecule has 0 fully saturated rings. The van der Waals surface area contributed by atoms with Crippen LogP contribution in [-0.2, 0) is 11.0 Å². The number of amides is 1. The maximum Gasteiger partial charge on any atom is 0.416 e. The molecule has 0 saturated carbocycles. The van der Waals surface area contributed by atoms with Gasteiger partial charge in [0.25, 0.3) is 0 Å². The highest BCUT2D eigenvalue weighted by Gasteiger charge is 2.31. The Morgan fingerprint density at radius 2 is 1.88 bits per heavy atom. The van der Waals surface area contributed by atoms with Gasteiger partial charge in [0.1, 0.15) is 5.82 Å². The lowest BCUT2D eigenvalue weighted by molar-refractivity contribution is -0.137. The number of carbonyl (C=O) groups is 1. The number of nitrogens with two attached hydrogens (primary N) is 1. The first kappa shape index (κ1) is 17.7. The lowest BCUT2D eigenvalue weighted by Gasteiger charge is -2.16. The number of nitrogens with one attached hydrogen (secondary N) is 1. The standard InChI is InChI=1S/C16H17F3N4O/c1-8(2)15(24)21-12-7-10(16(17,18)19)4-5-11(12)14-9(3)6-13(20)22-23-14/h4-8H,1-3H3,(H2,20,22)(H,21,24). The number of aryl methyl sites for hydroxylation is 1. The molecule has 0 aliphatic heterocycles. The lowest BCUT2D eigenvalue weighted by Crippen LogP contribution is -2.19. The molecule has 8 heteroatoms. The minimum atomic E-state index is -4.52. The maximum atomic E-state index is 13.0. The van der Waals surface area contributed by atoms with Crippen LogP contribution in [-0.4, -0.2) is 16.1 Å². The van der Waals surface area contributed by atoms with Gasteiger partial charge in [-0.25, -0.2) is 0 Å². The van der Waals surface area contributed by atoms with Crippen LogP contribution in [0.4, 0.5) is 24.7 Å². The highest BCUT2D eigenvalue weighted by atomic mass is 19.4. The van der Waals surface area contributed by atoms with Crippen LogP contribution in [0.15, 0.2) is 24.3 Å². The van der Waals surface area contributed by atoms with E-state index in [1.54, 1.807) is 26.8 Å². The molecule has 2 rings (SSSR count). The van der Waals surface area contributed by atoms with Crippen LogP contribution in [0.3, 0.4) is 0 Å². The van der Waals surface area contributed by atoms with Crippen LogP contribution in [0.1, 0.15) is 25.0 Å². The minimum Gasteiger partial charge on any atom is -0.382 e. The summed E-state index contributed by atoms with van der Waals surface area (Å²) >= 11 is 0. The van der Waals surface area contributed by atoms with E-state index in [0.29, 0.717) is 16.8 Å². The summed E-state index contributed by atoms with van der Waals surface area (Å²) in [5.74, 6) is -0.571. The number of alkyl halides is 3. The number of nitrogens with zero attached hydrogens (tertiary/aromatic N) is 2. The molecule has 5 nitrogen and oxygen atoms in total. The van der Waals surface area contributed by atoms with E-state index in [1.165, 1.54) is 6.07 Å². The Morgan fingerprint density at radius 1 is 1.21 bits per heavy atom. The van der Waals surface area contributed by atoms with E-state index < -0.39 is 17.6 Å². The smallest absolute Gasteiger partial charge is 0.382 e. The molecule has 1 amide bonds. The third-order valence-electron chi connectivity index (χ3n) is 3.39. The predicted octanol–water partition coefficient (Wildman–Crippen LogP) is 3.65. The van der Waals surface area contributed by atoms with Crippen molar-refractivity contribution in [3.8, 4) is 11.3 Å². The number of aromatic nitrogens is 2. The lowest BCUT2D eigenvalue weighted by atomic mass is 10.0. The third-order valence-corrected chi connectivity index (χ3v) is 3.39. The number of halogens is 3. The van der Waals surface area contributed by atoms with E-state index in [4.69, 9.17) is 5.73 Å². The molecule has 0 bridgehead atoms. The van der Waals surface area contributed by atoms with E-state index >= 15 is 0 Å². The molecular formula is C16H17F3N4O. The summed E-state index contributed by atoms with van der Waals surface area (Å²) in [5, 5.41) is 10.2. The van der Waals surface area contributed by atoms with Gasteiger partial charge in [0, 0.05) is 11.5 Å². The van der Waals surface area contributed by atoms with Crippen molar-refractivity contribution in [1.29, 1.82) is 0 Å². The molecule has 2 aromatic rings. The number of hydrogen-bond donors (Lipinski definition) is 2. The molecule has 0 atom stereocenters. The molecule has 0 unspecified atom stereocenters. The average Bonchev–Trinajstić information content (AvgIpc) is 2.46. The molecular weight excluding hydrogens is 321 g/mol. The second-order valence-electron chi connectivity index (χ2n) is 5.70. The molecule has 1 aromatic heterocycles. The van der Waals surface area contributed by atoms with Gasteiger partial charge in [-0.15, -0.1) is 10.2 Å². The number of anilines is 2. The van der Waals surface area contributed by atoms with Crippen LogP contribution < -0.4 is 11.1 Å². The maximum absolute atomic E-state index is 13.0. The Balaban J connectivity index is 2.59. The highest BCUT2D eigenvalue weighted by Crippen LogP contribution is 2.36. The fourth-order valence-electron chi connectivity index (χ4n) is 2.08. The van der Waals surface area contributed by atoms with Crippen molar-refractivity contribution >= 4 is 17.4 Å². The molecule has 0 spiro atoms. The Bertz CT molecular complexity index is 772. The van der Waals surface area contributed by atoms with Crippen molar-refractivity contribution in [2.75, 3.05) is 11.1 Å². The molecule has 3 N–H and O–H groups in total. The van der Waals surface area contributed by atoms with Crippen LogP contribution in [0.25, 0.3) is 11.3 Å². The minimum absolute atomic E-state index is 0.0331. The van der Waals surface area contributed by atoms with Gasteiger partial charge in [-0.3, -0.25) is 4.79 Å². The van der Waals surface area contributed by atoms with Crippen molar-refractivity contribution in [3.63, 3.8) is 0 Å². The zero-order valence-corrected chi connectivity index (χ0v) is 13.4. The van der Waals surface area contributed by atoms with Gasteiger partial charge < -0.3 is 11.1 Å². The molecule has 128 valence electrons. The highest BCUT2D eigenvalue weighted by molar-refractivity contribution is 5.96. The van der Waals surface area contributed by atoms with Gasteiger partial charge in [-0.2, -0.15) is 13.2 Å². The van der Waals surface area contributed by atoms with Crippen molar-refractivity contribution in [3.05, 3.63) is 35.4 Å². The van der Waals surface area contributed by atoms with E-state index in [9.17, 15) is 18.0 Å². The SMILES string of the molecule is Cc1cc(N)nnc1-c1ccc(C(F)(F)F)cc1NC(=O)C(C)C. The van der Waals surface area contributed by atoms with Crippen LogP contribution in [0, 0.1) is 12.8 Å². The molecule has 1 aromatic carbocycles. The number of rotatable bonds is 3. The number of hydrogen-bond acceptors (Lipinski definition) is 4. The van der Waals surface area contributed by atoms with Crippen molar-refractivity contribution < 1.29 is 18.0 Å². The van der Waals surface area contributed by atoms with Crippen molar-refractivity contribution in [2.24, 2.45) is 5.92 Å². The quantitative estimate of drug-likeness (QED) is 0.895. The summed E-state index contributed by atoms with van der Waals surface area (Å²) in [6, 6.07) is 4.67. The van der Waals surface area contributed by atoms with Crippen LogP contribution >= 0.6 is 0 Å². The molecule has 24 heavy (non-hydrogen) atoms. The van der Waals surface area contributed by atoms with Gasteiger partial charge in [0.2, 0.25) is 5.91 Å². The Hall–Kier alpha value is -2.64. The first-order valence-corrected chi connectivity index (χ1v) is 7.22. The molecule has 0 saturated heterocycles. The summed E-state index contributed by atoms with van der Waals surface area (Å²) in [6.07, 6.45) is -4.52. The Kier molecular flexibility index (Phi) is 4.77. The summed E-state index contributed by atoms with van der Waals surface area (Å²) in [7, 11) is 0. The van der Waals surface area contributed by atoms with Crippen LogP contribution in [0.2, 0.25) is 0 Å². The average molecular weight is 338 g/mol. The summed E-state index contributed by atoms with van der Waals surface area (Å²) in [4.78, 5) is 11.9. The third kappa shape index (κ3) is 3.81. The predicted molar refractivity (Wildman–Crippen MR) is 85.1 cm³/mol. The summed E-state index contributed by atoms with van der Waals surface area (Å²) in [6.45, 7) is 5.01. The monoisotopic (exact) mass is 338 g/mol. The topological polar surface area (TPSA) is 80.9 Å². The van der Waals surface area contributed by atoms with Gasteiger partial charge in [0.05, 0.1) is 16.9 Å². The number of benzene rings is 1. The van der Waals surface area contributed by atoms with Gasteiger partial charge in [0.15, 0.2) is 0 Å². The second kappa shape index (κ2) is 6.46. The first-order chi connectivity index (χ1) is 11.1. The fourth-order valence-corrected chi connectivity index (χ4v) is 2.08. The Morgan fingerprint density at radius 3 is 2.42 bits per heavy atom. The first-order valence-electron chi connectivity index (χ1n) is 7.22. The van der Waals surface area contributed by atoms with Gasteiger partial charge in [-0.1, -0.05) is 19.9 Å². The van der Waals surface area contributed by atoms with Gasteiger partial charge in [-0.05, 0) is 30.7 Å². The Labute approximate surface area is 137 Å². The van der Waals surface area contributed by atoms with Crippen LogP contribution in [0.5, 0.6) is 0 Å². The van der Waals surface area contributed by atoms with E-state index in [-0.39, 0.29) is 17.4 Å². The molecule has 1 heterocycles. The van der Waals surface area contributed by atoms with E-state index in [0.717, 1.165) is 12.1 Å². The van der Waals surface area contributed by atoms with Crippen molar-refractivity contribution in [2.45, 2.75) is 26.9 Å². The van der Waals surface area contributed by atoms with Crippen molar-refractivity contribution in [1.82, 2.24) is 10.2 Å². The zero-order chi connectivity index (χ0) is 18.1.